The third-order valence-electron chi connectivity index (χ3n) is 3.23. The third kappa shape index (κ3) is 4.85. The van der Waals surface area contributed by atoms with E-state index in [-0.39, 0.29) is 50.6 Å². The van der Waals surface area contributed by atoms with Crippen molar-refractivity contribution in [2.24, 2.45) is 5.92 Å². The number of amides is 1. The van der Waals surface area contributed by atoms with Crippen molar-refractivity contribution in [3.8, 4) is 0 Å². The standard InChI is InChI=1S/C14H17NO3.2H2S/c1-10(16)12-7-8-18-9-13(12)15-14(17)11-5-3-2-4-6-11;;/h2-6,12-13H,7-9H2,1H3,(H,15,17);2*1H2/t12-,13-;;/m1../s1. The molecule has 1 N–H and O–H groups in total. The molecule has 1 aliphatic rings. The van der Waals surface area contributed by atoms with E-state index in [9.17, 15) is 9.59 Å². The van der Waals surface area contributed by atoms with Crippen molar-refractivity contribution in [1.82, 2.24) is 5.32 Å². The molecular formula is C14H21NO3S2. The van der Waals surface area contributed by atoms with E-state index in [4.69, 9.17) is 4.74 Å². The van der Waals surface area contributed by atoms with Gasteiger partial charge >= 0.3 is 0 Å². The number of ketones is 1. The maximum Gasteiger partial charge on any atom is 0.251 e. The Bertz CT molecular complexity index is 439. The van der Waals surface area contributed by atoms with Crippen LogP contribution in [0.2, 0.25) is 0 Å². The zero-order valence-electron chi connectivity index (χ0n) is 11.4. The van der Waals surface area contributed by atoms with Crippen LogP contribution in [0.25, 0.3) is 0 Å². The fourth-order valence-electron chi connectivity index (χ4n) is 2.21. The van der Waals surface area contributed by atoms with E-state index in [0.717, 1.165) is 0 Å². The number of carbonyl (C=O) groups is 2. The zero-order valence-corrected chi connectivity index (χ0v) is 13.4. The molecule has 112 valence electrons. The Morgan fingerprint density at radius 2 is 1.85 bits per heavy atom. The van der Waals surface area contributed by atoms with E-state index in [1.165, 1.54) is 0 Å². The Labute approximate surface area is 133 Å². The molecule has 2 rings (SSSR count). The molecule has 0 aliphatic carbocycles. The molecule has 0 aromatic heterocycles. The van der Waals surface area contributed by atoms with Crippen LogP contribution in [-0.2, 0) is 9.53 Å². The summed E-state index contributed by atoms with van der Waals surface area (Å²) in [4.78, 5) is 23.5. The first-order chi connectivity index (χ1) is 8.68. The lowest BCUT2D eigenvalue weighted by Crippen LogP contribution is -2.48. The average molecular weight is 315 g/mol. The van der Waals surface area contributed by atoms with Gasteiger partial charge in [-0.15, -0.1) is 0 Å². The summed E-state index contributed by atoms with van der Waals surface area (Å²) in [5.74, 6) is -0.180. The fraction of sp³-hybridized carbons (Fsp3) is 0.429. The summed E-state index contributed by atoms with van der Waals surface area (Å²) in [6.45, 7) is 2.56. The first kappa shape index (κ1) is 19.0. The van der Waals surface area contributed by atoms with Gasteiger partial charge in [0.1, 0.15) is 5.78 Å². The minimum atomic E-state index is -0.219. The zero-order chi connectivity index (χ0) is 13.0. The quantitative estimate of drug-likeness (QED) is 0.922. The number of nitrogens with one attached hydrogen (secondary N) is 1. The number of hydrogen-bond acceptors (Lipinski definition) is 3. The van der Waals surface area contributed by atoms with Gasteiger partial charge in [-0.1, -0.05) is 18.2 Å². The van der Waals surface area contributed by atoms with Crippen molar-refractivity contribution in [2.45, 2.75) is 19.4 Å². The van der Waals surface area contributed by atoms with Crippen molar-refractivity contribution in [3.63, 3.8) is 0 Å². The second-order valence-electron chi connectivity index (χ2n) is 4.53. The van der Waals surface area contributed by atoms with Crippen LogP contribution in [0, 0.1) is 5.92 Å². The van der Waals surface area contributed by atoms with Gasteiger partial charge in [-0.25, -0.2) is 0 Å². The van der Waals surface area contributed by atoms with Crippen LogP contribution in [0.1, 0.15) is 23.7 Å². The molecule has 0 unspecified atom stereocenters. The molecule has 1 heterocycles. The number of rotatable bonds is 3. The highest BCUT2D eigenvalue weighted by molar-refractivity contribution is 7.59. The van der Waals surface area contributed by atoms with E-state index in [0.29, 0.717) is 25.2 Å². The molecule has 0 saturated carbocycles. The molecule has 0 radical (unpaired) electrons. The summed E-state index contributed by atoms with van der Waals surface area (Å²) >= 11 is 0. The molecule has 2 atom stereocenters. The van der Waals surface area contributed by atoms with E-state index in [1.54, 1.807) is 19.1 Å². The normalized spacial score (nSPS) is 21.1. The molecule has 1 saturated heterocycles. The smallest absolute Gasteiger partial charge is 0.251 e. The summed E-state index contributed by atoms with van der Waals surface area (Å²) in [5, 5.41) is 2.88. The average Bonchev–Trinajstić information content (AvgIpc) is 2.40. The highest BCUT2D eigenvalue weighted by Crippen LogP contribution is 2.17. The van der Waals surface area contributed by atoms with Gasteiger partial charge in [0.15, 0.2) is 0 Å². The van der Waals surface area contributed by atoms with Crippen molar-refractivity contribution >= 4 is 38.7 Å². The van der Waals surface area contributed by atoms with Gasteiger partial charge in [0.05, 0.1) is 12.6 Å². The second kappa shape index (κ2) is 9.05. The minimum absolute atomic E-state index is 0. The molecule has 0 spiro atoms. The molecular weight excluding hydrogens is 294 g/mol. The summed E-state index contributed by atoms with van der Waals surface area (Å²) in [5.41, 5.74) is 0.602. The highest BCUT2D eigenvalue weighted by Gasteiger charge is 2.30. The van der Waals surface area contributed by atoms with Crippen molar-refractivity contribution in [2.75, 3.05) is 13.2 Å². The SMILES string of the molecule is CC(=O)[C@H]1CCOC[C@H]1NC(=O)c1ccccc1.S.S. The van der Waals surface area contributed by atoms with Crippen molar-refractivity contribution < 1.29 is 14.3 Å². The lowest BCUT2D eigenvalue weighted by Gasteiger charge is -2.30. The van der Waals surface area contributed by atoms with Crippen LogP contribution in [0.4, 0.5) is 0 Å². The van der Waals surface area contributed by atoms with Gasteiger partial charge in [-0.2, -0.15) is 27.0 Å². The van der Waals surface area contributed by atoms with Gasteiger partial charge in [0.25, 0.3) is 5.91 Å². The topological polar surface area (TPSA) is 55.4 Å². The summed E-state index contributed by atoms with van der Waals surface area (Å²) in [6.07, 6.45) is 0.676. The number of hydrogen-bond donors (Lipinski definition) is 1. The first-order valence-corrected chi connectivity index (χ1v) is 6.12. The third-order valence-corrected chi connectivity index (χ3v) is 3.23. The van der Waals surface area contributed by atoms with Gasteiger partial charge in [-0.3, -0.25) is 9.59 Å². The van der Waals surface area contributed by atoms with Crippen LogP contribution >= 0.6 is 27.0 Å². The number of carbonyl (C=O) groups excluding carboxylic acids is 2. The predicted molar refractivity (Wildman–Crippen MR) is 88.1 cm³/mol. The van der Waals surface area contributed by atoms with Gasteiger partial charge in [-0.05, 0) is 25.5 Å². The molecule has 6 heteroatoms. The second-order valence-corrected chi connectivity index (χ2v) is 4.53. The van der Waals surface area contributed by atoms with Crippen LogP contribution in [0.5, 0.6) is 0 Å². The van der Waals surface area contributed by atoms with E-state index >= 15 is 0 Å². The molecule has 1 aromatic carbocycles. The highest BCUT2D eigenvalue weighted by atomic mass is 32.1. The Hall–Kier alpha value is -0.980. The largest absolute Gasteiger partial charge is 0.379 e. The summed E-state index contributed by atoms with van der Waals surface area (Å²) in [6, 6.07) is 8.77. The summed E-state index contributed by atoms with van der Waals surface area (Å²) < 4.78 is 5.33. The van der Waals surface area contributed by atoms with Gasteiger partial charge < -0.3 is 10.1 Å². The van der Waals surface area contributed by atoms with Gasteiger partial charge in [0.2, 0.25) is 0 Å². The minimum Gasteiger partial charge on any atom is -0.379 e. The molecule has 1 amide bonds. The fourth-order valence-corrected chi connectivity index (χ4v) is 2.21. The van der Waals surface area contributed by atoms with E-state index in [1.807, 2.05) is 18.2 Å². The van der Waals surface area contributed by atoms with Crippen molar-refractivity contribution in [1.29, 1.82) is 0 Å². The number of ether oxygens (including phenoxy) is 1. The Morgan fingerprint density at radius 3 is 2.45 bits per heavy atom. The van der Waals surface area contributed by atoms with Crippen LogP contribution in [0.15, 0.2) is 30.3 Å². The monoisotopic (exact) mass is 315 g/mol. The van der Waals surface area contributed by atoms with E-state index in [2.05, 4.69) is 5.32 Å². The lowest BCUT2D eigenvalue weighted by molar-refractivity contribution is -0.124. The van der Waals surface area contributed by atoms with Gasteiger partial charge in [0, 0.05) is 18.1 Å². The van der Waals surface area contributed by atoms with Crippen LogP contribution in [0.3, 0.4) is 0 Å². The van der Waals surface area contributed by atoms with Crippen molar-refractivity contribution in [3.05, 3.63) is 35.9 Å². The maximum atomic E-state index is 12.0. The maximum absolute atomic E-state index is 12.0. The van der Waals surface area contributed by atoms with Crippen LogP contribution < -0.4 is 5.32 Å². The molecule has 1 aliphatic heterocycles. The number of Topliss-reactive ketones (excluding diaryl/α,β-unsaturated/α-hetero) is 1. The predicted octanol–water partition coefficient (Wildman–Crippen LogP) is 1.64. The molecule has 1 aromatic rings. The van der Waals surface area contributed by atoms with E-state index < -0.39 is 0 Å². The van der Waals surface area contributed by atoms with Crippen LogP contribution in [-0.4, -0.2) is 30.9 Å². The Morgan fingerprint density at radius 1 is 1.20 bits per heavy atom. The molecule has 0 bridgehead atoms. The lowest BCUT2D eigenvalue weighted by atomic mass is 9.91. The first-order valence-electron chi connectivity index (χ1n) is 6.12. The number of benzene rings is 1. The summed E-state index contributed by atoms with van der Waals surface area (Å²) in [7, 11) is 0. The molecule has 20 heavy (non-hydrogen) atoms. The molecule has 4 nitrogen and oxygen atoms in total. The molecule has 1 fully saturated rings. The Kier molecular flexibility index (Phi) is 8.60. The Balaban J connectivity index is 0.00000180.